The van der Waals surface area contributed by atoms with Crippen molar-refractivity contribution in [2.45, 2.75) is 57.6 Å². The minimum atomic E-state index is 0.150. The van der Waals surface area contributed by atoms with Gasteiger partial charge >= 0.3 is 0 Å². The zero-order chi connectivity index (χ0) is 12.7. The third kappa shape index (κ3) is 4.64. The molecule has 0 bridgehead atoms. The lowest BCUT2D eigenvalue weighted by atomic mass is 10.1. The average molecular weight is 243 g/mol. The Morgan fingerprint density at radius 2 is 2.35 bits per heavy atom. The van der Waals surface area contributed by atoms with E-state index >= 15 is 0 Å². The highest BCUT2D eigenvalue weighted by Crippen LogP contribution is 2.22. The number of nitrogens with zero attached hydrogens (tertiary/aromatic N) is 1. The smallest absolute Gasteiger partial charge is 0.222 e. The van der Waals surface area contributed by atoms with Crippen LogP contribution in [0.25, 0.3) is 0 Å². The lowest BCUT2D eigenvalue weighted by molar-refractivity contribution is -0.132. The minimum Gasteiger partial charge on any atom is -0.396 e. The standard InChI is InChI=1S/C13H25NO3/c1-11(17-2)7-8-13(16)14-9-3-5-12(14)6-4-10-15/h11-12,15H,3-10H2,1-2H3. The monoisotopic (exact) mass is 243 g/mol. The van der Waals surface area contributed by atoms with Crippen molar-refractivity contribution >= 4 is 5.91 Å². The van der Waals surface area contributed by atoms with Gasteiger partial charge in [-0.15, -0.1) is 0 Å². The van der Waals surface area contributed by atoms with Crippen LogP contribution in [-0.4, -0.2) is 48.3 Å². The van der Waals surface area contributed by atoms with Gasteiger partial charge in [-0.3, -0.25) is 4.79 Å². The Balaban J connectivity index is 2.33. The molecule has 0 aromatic heterocycles. The lowest BCUT2D eigenvalue weighted by Crippen LogP contribution is -2.35. The van der Waals surface area contributed by atoms with Gasteiger partial charge in [-0.25, -0.2) is 0 Å². The summed E-state index contributed by atoms with van der Waals surface area (Å²) in [4.78, 5) is 14.0. The van der Waals surface area contributed by atoms with Crippen LogP contribution in [0.4, 0.5) is 0 Å². The van der Waals surface area contributed by atoms with E-state index in [-0.39, 0.29) is 18.6 Å². The fourth-order valence-electron chi connectivity index (χ4n) is 2.38. The predicted molar refractivity (Wildman–Crippen MR) is 66.8 cm³/mol. The molecule has 1 rings (SSSR count). The van der Waals surface area contributed by atoms with Gasteiger partial charge in [0.1, 0.15) is 0 Å². The molecule has 1 aliphatic rings. The number of carbonyl (C=O) groups excluding carboxylic acids is 1. The highest BCUT2D eigenvalue weighted by Gasteiger charge is 2.27. The normalized spacial score (nSPS) is 21.8. The van der Waals surface area contributed by atoms with Gasteiger partial charge in [0.2, 0.25) is 5.91 Å². The van der Waals surface area contributed by atoms with Crippen molar-refractivity contribution in [3.8, 4) is 0 Å². The second-order valence-corrected chi connectivity index (χ2v) is 4.83. The predicted octanol–water partition coefficient (Wildman–Crippen LogP) is 1.56. The largest absolute Gasteiger partial charge is 0.396 e. The number of aliphatic hydroxyl groups excluding tert-OH is 1. The average Bonchev–Trinajstić information content (AvgIpc) is 2.81. The van der Waals surface area contributed by atoms with Crippen LogP contribution in [0, 0.1) is 0 Å². The molecule has 0 spiro atoms. The van der Waals surface area contributed by atoms with Crippen molar-refractivity contribution < 1.29 is 14.6 Å². The van der Waals surface area contributed by atoms with Crippen molar-refractivity contribution in [1.29, 1.82) is 0 Å². The van der Waals surface area contributed by atoms with E-state index in [1.807, 2.05) is 11.8 Å². The Kier molecular flexibility index (Phi) is 6.52. The third-order valence-corrected chi connectivity index (χ3v) is 3.56. The summed E-state index contributed by atoms with van der Waals surface area (Å²) in [6.45, 7) is 3.09. The SMILES string of the molecule is COC(C)CCC(=O)N1CCCC1CCCO. The second kappa shape index (κ2) is 7.67. The first-order valence-electron chi connectivity index (χ1n) is 6.62. The number of rotatable bonds is 7. The molecule has 0 radical (unpaired) electrons. The molecule has 1 aliphatic heterocycles. The van der Waals surface area contributed by atoms with Gasteiger partial charge in [-0.2, -0.15) is 0 Å². The zero-order valence-electron chi connectivity index (χ0n) is 11.0. The van der Waals surface area contributed by atoms with E-state index in [4.69, 9.17) is 9.84 Å². The summed E-state index contributed by atoms with van der Waals surface area (Å²) in [5, 5.41) is 8.84. The number of aliphatic hydroxyl groups is 1. The van der Waals surface area contributed by atoms with Crippen LogP contribution in [0.1, 0.15) is 45.4 Å². The molecule has 1 N–H and O–H groups in total. The van der Waals surface area contributed by atoms with Gasteiger partial charge in [-0.05, 0) is 39.0 Å². The van der Waals surface area contributed by atoms with Crippen LogP contribution in [0.5, 0.6) is 0 Å². The molecule has 0 aliphatic carbocycles. The van der Waals surface area contributed by atoms with E-state index in [1.54, 1.807) is 7.11 Å². The first kappa shape index (κ1) is 14.5. The molecular formula is C13H25NO3. The van der Waals surface area contributed by atoms with Crippen LogP contribution in [-0.2, 0) is 9.53 Å². The molecule has 0 saturated carbocycles. The summed E-state index contributed by atoms with van der Waals surface area (Å²) < 4.78 is 5.15. The Morgan fingerprint density at radius 1 is 1.59 bits per heavy atom. The molecule has 100 valence electrons. The Bertz CT molecular complexity index is 233. The van der Waals surface area contributed by atoms with E-state index in [0.717, 1.165) is 38.6 Å². The molecular weight excluding hydrogens is 218 g/mol. The van der Waals surface area contributed by atoms with Gasteiger partial charge in [0.05, 0.1) is 6.10 Å². The van der Waals surface area contributed by atoms with Crippen LogP contribution in [0.15, 0.2) is 0 Å². The van der Waals surface area contributed by atoms with Crippen LogP contribution >= 0.6 is 0 Å². The molecule has 2 atom stereocenters. The highest BCUT2D eigenvalue weighted by atomic mass is 16.5. The van der Waals surface area contributed by atoms with Crippen molar-refractivity contribution in [2.24, 2.45) is 0 Å². The summed E-state index contributed by atoms with van der Waals surface area (Å²) in [5.74, 6) is 0.245. The molecule has 1 heterocycles. The number of hydrogen-bond donors (Lipinski definition) is 1. The maximum Gasteiger partial charge on any atom is 0.222 e. The summed E-state index contributed by atoms with van der Waals surface area (Å²) in [7, 11) is 1.68. The van der Waals surface area contributed by atoms with E-state index in [1.165, 1.54) is 0 Å². The second-order valence-electron chi connectivity index (χ2n) is 4.83. The number of methoxy groups -OCH3 is 1. The summed E-state index contributed by atoms with van der Waals surface area (Å²) in [6.07, 6.45) is 5.43. The molecule has 4 heteroatoms. The number of amides is 1. The molecule has 0 aromatic carbocycles. The van der Waals surface area contributed by atoms with Crippen LogP contribution < -0.4 is 0 Å². The summed E-state index contributed by atoms with van der Waals surface area (Å²) in [6, 6.07) is 0.354. The van der Waals surface area contributed by atoms with Gasteiger partial charge in [-0.1, -0.05) is 0 Å². The number of likely N-dealkylation sites (tertiary alicyclic amines) is 1. The first-order valence-corrected chi connectivity index (χ1v) is 6.62. The molecule has 1 fully saturated rings. The summed E-state index contributed by atoms with van der Waals surface area (Å²) in [5.41, 5.74) is 0. The Labute approximate surface area is 104 Å². The molecule has 1 saturated heterocycles. The molecule has 4 nitrogen and oxygen atoms in total. The maximum absolute atomic E-state index is 12.0. The maximum atomic E-state index is 12.0. The van der Waals surface area contributed by atoms with E-state index in [2.05, 4.69) is 0 Å². The molecule has 0 aromatic rings. The van der Waals surface area contributed by atoms with Gasteiger partial charge in [0, 0.05) is 32.7 Å². The topological polar surface area (TPSA) is 49.8 Å². The Hall–Kier alpha value is -0.610. The molecule has 17 heavy (non-hydrogen) atoms. The van der Waals surface area contributed by atoms with Crippen molar-refractivity contribution in [3.05, 3.63) is 0 Å². The van der Waals surface area contributed by atoms with Crippen molar-refractivity contribution in [3.63, 3.8) is 0 Å². The fourth-order valence-corrected chi connectivity index (χ4v) is 2.38. The number of ether oxygens (including phenoxy) is 1. The van der Waals surface area contributed by atoms with E-state index in [9.17, 15) is 4.79 Å². The van der Waals surface area contributed by atoms with E-state index in [0.29, 0.717) is 12.5 Å². The van der Waals surface area contributed by atoms with Gasteiger partial charge in [0.15, 0.2) is 0 Å². The minimum absolute atomic E-state index is 0.150. The van der Waals surface area contributed by atoms with E-state index < -0.39 is 0 Å². The quantitative estimate of drug-likeness (QED) is 0.738. The Morgan fingerprint density at radius 3 is 3.00 bits per heavy atom. The number of carbonyl (C=O) groups is 1. The highest BCUT2D eigenvalue weighted by molar-refractivity contribution is 5.76. The molecule has 2 unspecified atom stereocenters. The van der Waals surface area contributed by atoms with Crippen molar-refractivity contribution in [1.82, 2.24) is 4.90 Å². The van der Waals surface area contributed by atoms with Gasteiger partial charge in [0.25, 0.3) is 0 Å². The van der Waals surface area contributed by atoms with Crippen LogP contribution in [0.2, 0.25) is 0 Å². The zero-order valence-corrected chi connectivity index (χ0v) is 11.0. The first-order chi connectivity index (χ1) is 8.19. The lowest BCUT2D eigenvalue weighted by Gasteiger charge is -2.25. The van der Waals surface area contributed by atoms with Crippen LogP contribution in [0.3, 0.4) is 0 Å². The van der Waals surface area contributed by atoms with Gasteiger partial charge < -0.3 is 14.7 Å². The van der Waals surface area contributed by atoms with Crippen molar-refractivity contribution in [2.75, 3.05) is 20.3 Å². The third-order valence-electron chi connectivity index (χ3n) is 3.56. The fraction of sp³-hybridized carbons (Fsp3) is 0.923. The summed E-state index contributed by atoms with van der Waals surface area (Å²) >= 11 is 0. The number of hydrogen-bond acceptors (Lipinski definition) is 3. The molecule has 1 amide bonds.